The summed E-state index contributed by atoms with van der Waals surface area (Å²) in [5, 5.41) is 5.09. The van der Waals surface area contributed by atoms with Crippen LogP contribution in [0, 0.1) is 0 Å². The lowest BCUT2D eigenvalue weighted by atomic mass is 10.3. The molecule has 1 aromatic heterocycles. The van der Waals surface area contributed by atoms with Gasteiger partial charge < -0.3 is 5.32 Å². The summed E-state index contributed by atoms with van der Waals surface area (Å²) >= 11 is 4.66. The van der Waals surface area contributed by atoms with E-state index < -0.39 is 10.0 Å². The fraction of sp³-hybridized carbons (Fsp3) is 0.333. The van der Waals surface area contributed by atoms with Crippen molar-refractivity contribution in [1.82, 2.24) is 14.2 Å². The Morgan fingerprint density at radius 1 is 1.24 bits per heavy atom. The first-order chi connectivity index (χ1) is 12.0. The van der Waals surface area contributed by atoms with E-state index in [9.17, 15) is 13.2 Å². The Bertz CT molecular complexity index is 834. The van der Waals surface area contributed by atoms with Crippen molar-refractivity contribution >= 4 is 48.3 Å². The zero-order chi connectivity index (χ0) is 17.9. The number of amides is 1. The summed E-state index contributed by atoms with van der Waals surface area (Å²) in [5.41, 5.74) is 0. The number of thiazole rings is 1. The maximum absolute atomic E-state index is 12.7. The summed E-state index contributed by atoms with van der Waals surface area (Å²) in [4.78, 5) is 18.2. The molecule has 10 heteroatoms. The number of aromatic nitrogens is 1. The minimum atomic E-state index is -3.53. The highest BCUT2D eigenvalue weighted by atomic mass is 79.9. The average Bonchev–Trinajstić information content (AvgIpc) is 3.08. The first kappa shape index (κ1) is 18.5. The monoisotopic (exact) mass is 444 g/mol. The highest BCUT2D eigenvalue weighted by Gasteiger charge is 2.30. The van der Waals surface area contributed by atoms with Crippen LogP contribution >= 0.6 is 27.3 Å². The number of benzene rings is 1. The van der Waals surface area contributed by atoms with Gasteiger partial charge in [0.2, 0.25) is 15.9 Å². The largest absolute Gasteiger partial charge is 0.301 e. The predicted octanol–water partition coefficient (Wildman–Crippen LogP) is 1.85. The number of anilines is 1. The van der Waals surface area contributed by atoms with E-state index in [4.69, 9.17) is 0 Å². The molecule has 0 radical (unpaired) electrons. The van der Waals surface area contributed by atoms with E-state index in [2.05, 4.69) is 26.2 Å². The molecule has 0 unspecified atom stereocenters. The van der Waals surface area contributed by atoms with Crippen molar-refractivity contribution in [3.8, 4) is 0 Å². The molecule has 1 aliphatic rings. The molecule has 1 N–H and O–H groups in total. The molecule has 3 rings (SSSR count). The van der Waals surface area contributed by atoms with E-state index in [1.807, 2.05) is 4.90 Å². The lowest BCUT2D eigenvalue weighted by Gasteiger charge is -2.33. The number of hydrogen-bond donors (Lipinski definition) is 1. The van der Waals surface area contributed by atoms with E-state index in [1.165, 1.54) is 15.6 Å². The van der Waals surface area contributed by atoms with E-state index in [0.717, 1.165) is 0 Å². The van der Waals surface area contributed by atoms with Crippen LogP contribution in [-0.2, 0) is 14.8 Å². The zero-order valence-electron chi connectivity index (χ0n) is 13.3. The summed E-state index contributed by atoms with van der Waals surface area (Å²) in [6, 6.07) is 6.79. The van der Waals surface area contributed by atoms with Crippen molar-refractivity contribution in [2.45, 2.75) is 4.90 Å². The maximum Gasteiger partial charge on any atom is 0.244 e. The fourth-order valence-corrected chi connectivity index (χ4v) is 5.50. The Hall–Kier alpha value is -1.33. The van der Waals surface area contributed by atoms with Crippen molar-refractivity contribution in [2.75, 3.05) is 38.0 Å². The highest BCUT2D eigenvalue weighted by molar-refractivity contribution is 9.10. The van der Waals surface area contributed by atoms with Gasteiger partial charge in [-0.25, -0.2) is 13.4 Å². The SMILES string of the molecule is O=C(CN1CCN(S(=O)(=O)c2ccccc2Br)CC1)Nc1nccs1. The molecule has 2 aromatic rings. The van der Waals surface area contributed by atoms with Gasteiger partial charge in [-0.05, 0) is 28.1 Å². The van der Waals surface area contributed by atoms with Gasteiger partial charge in [-0.3, -0.25) is 9.69 Å². The minimum Gasteiger partial charge on any atom is -0.301 e. The second-order valence-electron chi connectivity index (χ2n) is 5.50. The molecule has 1 fully saturated rings. The van der Waals surface area contributed by atoms with Crippen LogP contribution in [0.15, 0.2) is 45.2 Å². The van der Waals surface area contributed by atoms with Crippen LogP contribution < -0.4 is 5.32 Å². The van der Waals surface area contributed by atoms with Crippen LogP contribution in [0.25, 0.3) is 0 Å². The second-order valence-corrected chi connectivity index (χ2v) is 9.15. The van der Waals surface area contributed by atoms with Gasteiger partial charge in [0.05, 0.1) is 11.4 Å². The first-order valence-corrected chi connectivity index (χ1v) is 10.7. The van der Waals surface area contributed by atoms with Gasteiger partial charge in [0.1, 0.15) is 0 Å². The van der Waals surface area contributed by atoms with Crippen LogP contribution in [0.5, 0.6) is 0 Å². The summed E-state index contributed by atoms with van der Waals surface area (Å²) in [6.07, 6.45) is 1.63. The van der Waals surface area contributed by atoms with Crippen LogP contribution in [0.3, 0.4) is 0 Å². The molecule has 0 atom stereocenters. The van der Waals surface area contributed by atoms with Gasteiger partial charge in [-0.2, -0.15) is 4.31 Å². The number of rotatable bonds is 5. The third-order valence-corrected chi connectivity index (χ3v) is 7.43. The topological polar surface area (TPSA) is 82.6 Å². The normalized spacial score (nSPS) is 16.7. The molecule has 1 aliphatic heterocycles. The minimum absolute atomic E-state index is 0.142. The third kappa shape index (κ3) is 4.45. The van der Waals surface area contributed by atoms with Crippen molar-refractivity contribution in [1.29, 1.82) is 0 Å². The van der Waals surface area contributed by atoms with Gasteiger partial charge in [0, 0.05) is 42.2 Å². The summed E-state index contributed by atoms with van der Waals surface area (Å²) in [5.74, 6) is -0.142. The average molecular weight is 445 g/mol. The Kier molecular flexibility index (Phi) is 5.85. The molecule has 7 nitrogen and oxygen atoms in total. The number of piperazine rings is 1. The van der Waals surface area contributed by atoms with Crippen LogP contribution in [0.1, 0.15) is 0 Å². The van der Waals surface area contributed by atoms with E-state index >= 15 is 0 Å². The molecule has 25 heavy (non-hydrogen) atoms. The molecule has 0 saturated carbocycles. The Labute approximate surface area is 158 Å². The molecule has 0 aliphatic carbocycles. The number of nitrogens with zero attached hydrogens (tertiary/aromatic N) is 3. The molecular weight excluding hydrogens is 428 g/mol. The van der Waals surface area contributed by atoms with E-state index in [1.54, 1.807) is 35.8 Å². The molecule has 2 heterocycles. The summed E-state index contributed by atoms with van der Waals surface area (Å²) in [7, 11) is -3.53. The number of sulfonamides is 1. The Morgan fingerprint density at radius 3 is 2.60 bits per heavy atom. The number of nitrogens with one attached hydrogen (secondary N) is 1. The van der Waals surface area contributed by atoms with Gasteiger partial charge in [-0.1, -0.05) is 12.1 Å². The Morgan fingerprint density at radius 2 is 1.96 bits per heavy atom. The van der Waals surface area contributed by atoms with Crippen molar-refractivity contribution in [3.63, 3.8) is 0 Å². The third-order valence-electron chi connectivity index (χ3n) is 3.83. The number of hydrogen-bond acceptors (Lipinski definition) is 6. The molecule has 0 bridgehead atoms. The van der Waals surface area contributed by atoms with Crippen LogP contribution in [0.4, 0.5) is 5.13 Å². The molecule has 1 saturated heterocycles. The maximum atomic E-state index is 12.7. The number of halogens is 1. The van der Waals surface area contributed by atoms with Crippen molar-refractivity contribution in [3.05, 3.63) is 40.3 Å². The first-order valence-electron chi connectivity index (χ1n) is 7.63. The fourth-order valence-electron chi connectivity index (χ4n) is 2.57. The highest BCUT2D eigenvalue weighted by Crippen LogP contribution is 2.25. The molecule has 1 aromatic carbocycles. The van der Waals surface area contributed by atoms with Gasteiger partial charge in [0.25, 0.3) is 0 Å². The smallest absolute Gasteiger partial charge is 0.244 e. The standard InChI is InChI=1S/C15H17BrN4O3S2/c16-12-3-1-2-4-13(12)25(22,23)20-8-6-19(7-9-20)11-14(21)18-15-17-5-10-24-15/h1-5,10H,6-9,11H2,(H,17,18,21). The summed E-state index contributed by atoms with van der Waals surface area (Å²) in [6.45, 7) is 1.95. The van der Waals surface area contributed by atoms with E-state index in [-0.39, 0.29) is 17.3 Å². The Balaban J connectivity index is 1.56. The van der Waals surface area contributed by atoms with Crippen LogP contribution in [0.2, 0.25) is 0 Å². The molecule has 134 valence electrons. The van der Waals surface area contributed by atoms with Gasteiger partial charge >= 0.3 is 0 Å². The zero-order valence-corrected chi connectivity index (χ0v) is 16.5. The lowest BCUT2D eigenvalue weighted by molar-refractivity contribution is -0.117. The molecular formula is C15H17BrN4O3S2. The van der Waals surface area contributed by atoms with Gasteiger partial charge in [-0.15, -0.1) is 11.3 Å². The quantitative estimate of drug-likeness (QED) is 0.760. The van der Waals surface area contributed by atoms with Crippen molar-refractivity contribution < 1.29 is 13.2 Å². The molecule has 1 amide bonds. The van der Waals surface area contributed by atoms with Crippen molar-refractivity contribution in [2.24, 2.45) is 0 Å². The summed E-state index contributed by atoms with van der Waals surface area (Å²) < 4.78 is 27.5. The van der Waals surface area contributed by atoms with Crippen LogP contribution in [-0.4, -0.2) is 61.2 Å². The molecule has 0 spiro atoms. The number of carbonyl (C=O) groups excluding carboxylic acids is 1. The predicted molar refractivity (Wildman–Crippen MR) is 100 cm³/mol. The second kappa shape index (κ2) is 7.92. The number of carbonyl (C=O) groups is 1. The lowest BCUT2D eigenvalue weighted by Crippen LogP contribution is -2.50. The van der Waals surface area contributed by atoms with E-state index in [0.29, 0.717) is 35.8 Å². The van der Waals surface area contributed by atoms with Gasteiger partial charge in [0.15, 0.2) is 5.13 Å².